The predicted octanol–water partition coefficient (Wildman–Crippen LogP) is 2.84. The molecule has 0 spiro atoms. The smallest absolute Gasteiger partial charge is 0.169 e. The summed E-state index contributed by atoms with van der Waals surface area (Å²) >= 11 is 3.58. The van der Waals surface area contributed by atoms with Gasteiger partial charge in [0.05, 0.1) is 12.2 Å². The molecule has 0 aliphatic carbocycles. The first-order valence-electron chi connectivity index (χ1n) is 5.87. The average Bonchev–Trinajstić information content (AvgIpc) is 2.36. The molecular weight excluding hydrogens is 292 g/mol. The Kier molecular flexibility index (Phi) is 3.67. The molecule has 2 heterocycles. The topological polar surface area (TPSA) is 52.8 Å². The van der Waals surface area contributed by atoms with Crippen molar-refractivity contribution in [1.82, 2.24) is 10.2 Å². The molecule has 0 saturated carbocycles. The Labute approximate surface area is 115 Å². The van der Waals surface area contributed by atoms with Crippen LogP contribution in [-0.4, -0.2) is 23.3 Å². The molecule has 1 aromatic rings. The van der Waals surface area contributed by atoms with Gasteiger partial charge < -0.3 is 4.90 Å². The molecule has 0 amide bonds. The maximum absolute atomic E-state index is 9.30. The number of hydrogen-bond acceptors (Lipinski definition) is 4. The summed E-state index contributed by atoms with van der Waals surface area (Å²) in [7, 11) is 0. The molecule has 1 aromatic heterocycles. The summed E-state index contributed by atoms with van der Waals surface area (Å²) in [5.41, 5.74) is 3.74. The molecule has 0 unspecified atom stereocenters. The molecule has 1 aliphatic heterocycles. The van der Waals surface area contributed by atoms with Crippen LogP contribution in [-0.2, 0) is 0 Å². The fourth-order valence-electron chi connectivity index (χ4n) is 1.95. The first-order valence-corrected chi connectivity index (χ1v) is 6.67. The van der Waals surface area contributed by atoms with Gasteiger partial charge in [-0.25, -0.2) is 0 Å². The number of aryl methyl sites for hydroxylation is 1. The molecule has 5 heteroatoms. The van der Waals surface area contributed by atoms with Crippen LogP contribution in [0, 0.1) is 25.2 Å². The molecule has 4 nitrogen and oxygen atoms in total. The first-order chi connectivity index (χ1) is 8.54. The summed E-state index contributed by atoms with van der Waals surface area (Å²) in [6.45, 7) is 7.57. The zero-order valence-electron chi connectivity index (χ0n) is 10.8. The van der Waals surface area contributed by atoms with Crippen molar-refractivity contribution < 1.29 is 0 Å². The van der Waals surface area contributed by atoms with E-state index in [-0.39, 0.29) is 0 Å². The number of aromatic nitrogens is 2. The van der Waals surface area contributed by atoms with Gasteiger partial charge in [0.15, 0.2) is 5.82 Å². The predicted molar refractivity (Wildman–Crippen MR) is 74.7 cm³/mol. The second-order valence-electron chi connectivity index (χ2n) is 4.58. The van der Waals surface area contributed by atoms with Crippen LogP contribution in [0.1, 0.15) is 30.2 Å². The molecule has 0 aromatic carbocycles. The highest BCUT2D eigenvalue weighted by atomic mass is 79.9. The van der Waals surface area contributed by atoms with E-state index in [1.54, 1.807) is 0 Å². The third-order valence-corrected chi connectivity index (χ3v) is 4.32. The number of anilines is 1. The minimum absolute atomic E-state index is 0.641. The minimum atomic E-state index is 0.641. The third-order valence-electron chi connectivity index (χ3n) is 3.40. The van der Waals surface area contributed by atoms with E-state index in [2.05, 4.69) is 44.0 Å². The lowest BCUT2D eigenvalue weighted by atomic mass is 10.1. The van der Waals surface area contributed by atoms with E-state index in [1.165, 1.54) is 10.1 Å². The fraction of sp³-hybridized carbons (Fsp3) is 0.462. The first kappa shape index (κ1) is 13.0. The molecule has 0 atom stereocenters. The second kappa shape index (κ2) is 5.07. The van der Waals surface area contributed by atoms with E-state index >= 15 is 0 Å². The summed E-state index contributed by atoms with van der Waals surface area (Å²) in [4.78, 5) is 2.11. The van der Waals surface area contributed by atoms with Crippen LogP contribution in [0.4, 0.5) is 5.82 Å². The van der Waals surface area contributed by atoms with Crippen molar-refractivity contribution in [2.24, 2.45) is 0 Å². The van der Waals surface area contributed by atoms with Crippen molar-refractivity contribution in [1.29, 1.82) is 5.26 Å². The van der Waals surface area contributed by atoms with Gasteiger partial charge in [-0.05, 0) is 32.8 Å². The third kappa shape index (κ3) is 2.25. The van der Waals surface area contributed by atoms with Crippen LogP contribution in [0.5, 0.6) is 0 Å². The molecule has 0 fully saturated rings. The second-order valence-corrected chi connectivity index (χ2v) is 5.53. The van der Waals surface area contributed by atoms with Crippen molar-refractivity contribution in [3.8, 4) is 6.07 Å². The zero-order chi connectivity index (χ0) is 13.3. The van der Waals surface area contributed by atoms with E-state index in [1.807, 2.05) is 13.8 Å². The molecule has 94 valence electrons. The van der Waals surface area contributed by atoms with Gasteiger partial charge >= 0.3 is 0 Å². The zero-order valence-corrected chi connectivity index (χ0v) is 12.4. The maximum Gasteiger partial charge on any atom is 0.169 e. The van der Waals surface area contributed by atoms with Crippen LogP contribution in [0.25, 0.3) is 0 Å². The largest absolute Gasteiger partial charge is 0.349 e. The number of hydrogen-bond donors (Lipinski definition) is 0. The molecular formula is C13H15BrN4. The average molecular weight is 307 g/mol. The number of nitrogens with zero attached hydrogens (tertiary/aromatic N) is 4. The Balaban J connectivity index is 2.42. The highest BCUT2D eigenvalue weighted by Gasteiger charge is 2.21. The lowest BCUT2D eigenvalue weighted by Gasteiger charge is -2.29. The minimum Gasteiger partial charge on any atom is -0.349 e. The van der Waals surface area contributed by atoms with Gasteiger partial charge in [-0.1, -0.05) is 21.5 Å². The maximum atomic E-state index is 9.30. The van der Waals surface area contributed by atoms with Gasteiger partial charge in [0.2, 0.25) is 0 Å². The summed E-state index contributed by atoms with van der Waals surface area (Å²) < 4.78 is 1.18. The van der Waals surface area contributed by atoms with Crippen molar-refractivity contribution in [3.05, 3.63) is 26.9 Å². The Bertz CT molecular complexity index is 557. The van der Waals surface area contributed by atoms with Crippen molar-refractivity contribution in [2.45, 2.75) is 27.2 Å². The van der Waals surface area contributed by atoms with Crippen LogP contribution < -0.4 is 4.90 Å². The fourth-order valence-corrected chi connectivity index (χ4v) is 2.45. The monoisotopic (exact) mass is 306 g/mol. The SMILES string of the molecule is CC1=C(Br)CN(c2nnc(C)c(C)c2C#N)CC1. The number of rotatable bonds is 1. The van der Waals surface area contributed by atoms with E-state index in [4.69, 9.17) is 0 Å². The van der Waals surface area contributed by atoms with Gasteiger partial charge in [-0.2, -0.15) is 10.4 Å². The summed E-state index contributed by atoms with van der Waals surface area (Å²) in [5.74, 6) is 0.699. The highest BCUT2D eigenvalue weighted by molar-refractivity contribution is 9.11. The van der Waals surface area contributed by atoms with Gasteiger partial charge in [-0.3, -0.25) is 0 Å². The lowest BCUT2D eigenvalue weighted by molar-refractivity contribution is 0.753. The summed E-state index contributed by atoms with van der Waals surface area (Å²) in [5, 5.41) is 17.6. The lowest BCUT2D eigenvalue weighted by Crippen LogP contribution is -2.32. The van der Waals surface area contributed by atoms with Crippen LogP contribution in [0.15, 0.2) is 10.1 Å². The Morgan fingerprint density at radius 2 is 2.00 bits per heavy atom. The quantitative estimate of drug-likeness (QED) is 0.800. The van der Waals surface area contributed by atoms with Crippen LogP contribution in [0.3, 0.4) is 0 Å². The van der Waals surface area contributed by atoms with Gasteiger partial charge in [0.1, 0.15) is 11.6 Å². The van der Waals surface area contributed by atoms with E-state index < -0.39 is 0 Å². The Morgan fingerprint density at radius 3 is 2.61 bits per heavy atom. The van der Waals surface area contributed by atoms with Crippen molar-refractivity contribution >= 4 is 21.7 Å². The number of nitriles is 1. The molecule has 0 radical (unpaired) electrons. The normalized spacial score (nSPS) is 15.8. The molecule has 0 N–H and O–H groups in total. The molecule has 0 bridgehead atoms. The Morgan fingerprint density at radius 1 is 1.28 bits per heavy atom. The highest BCUT2D eigenvalue weighted by Crippen LogP contribution is 2.28. The van der Waals surface area contributed by atoms with Crippen LogP contribution >= 0.6 is 15.9 Å². The van der Waals surface area contributed by atoms with Gasteiger partial charge in [0, 0.05) is 11.0 Å². The number of halogens is 1. The van der Waals surface area contributed by atoms with Crippen LogP contribution in [0.2, 0.25) is 0 Å². The van der Waals surface area contributed by atoms with E-state index in [0.29, 0.717) is 11.4 Å². The van der Waals surface area contributed by atoms with E-state index in [0.717, 1.165) is 30.8 Å². The van der Waals surface area contributed by atoms with Crippen molar-refractivity contribution in [2.75, 3.05) is 18.0 Å². The summed E-state index contributed by atoms with van der Waals surface area (Å²) in [6, 6.07) is 2.25. The molecule has 2 rings (SSSR count). The standard InChI is InChI=1S/C13H15BrN4/c1-8-4-5-18(7-12(8)14)13-11(6-15)9(2)10(3)16-17-13/h4-5,7H2,1-3H3. The van der Waals surface area contributed by atoms with E-state index in [9.17, 15) is 5.26 Å². The molecule has 18 heavy (non-hydrogen) atoms. The van der Waals surface area contributed by atoms with Gasteiger partial charge in [0.25, 0.3) is 0 Å². The van der Waals surface area contributed by atoms with Crippen molar-refractivity contribution in [3.63, 3.8) is 0 Å². The molecule has 0 saturated heterocycles. The van der Waals surface area contributed by atoms with Gasteiger partial charge in [-0.15, -0.1) is 5.10 Å². The molecule has 1 aliphatic rings. The summed E-state index contributed by atoms with van der Waals surface area (Å²) in [6.07, 6.45) is 0.986. The Hall–Kier alpha value is -1.41.